The van der Waals surface area contributed by atoms with E-state index in [0.717, 1.165) is 30.4 Å². The predicted molar refractivity (Wildman–Crippen MR) is 99.0 cm³/mol. The Morgan fingerprint density at radius 2 is 1.75 bits per heavy atom. The van der Waals surface area contributed by atoms with Crippen LogP contribution < -0.4 is 9.46 Å². The van der Waals surface area contributed by atoms with Crippen LogP contribution in [-0.2, 0) is 10.0 Å². The highest BCUT2D eigenvalue weighted by Crippen LogP contribution is 2.31. The number of hydrogen-bond donors (Lipinski definition) is 1. The van der Waals surface area contributed by atoms with Gasteiger partial charge in [-0.25, -0.2) is 13.1 Å². The first kappa shape index (κ1) is 18.7. The van der Waals surface area contributed by atoms with Gasteiger partial charge in [0.1, 0.15) is 5.75 Å². The summed E-state index contributed by atoms with van der Waals surface area (Å²) in [6.45, 7) is 7.18. The van der Waals surface area contributed by atoms with Crippen molar-refractivity contribution in [1.29, 1.82) is 0 Å². The lowest BCUT2D eigenvalue weighted by Crippen LogP contribution is -2.27. The van der Waals surface area contributed by atoms with Crippen molar-refractivity contribution in [1.82, 2.24) is 4.72 Å². The van der Waals surface area contributed by atoms with Crippen LogP contribution in [0.3, 0.4) is 0 Å². The van der Waals surface area contributed by atoms with Gasteiger partial charge >= 0.3 is 0 Å². The van der Waals surface area contributed by atoms with Gasteiger partial charge in [-0.2, -0.15) is 0 Å². The molecule has 0 spiro atoms. The van der Waals surface area contributed by atoms with Crippen LogP contribution in [0.5, 0.6) is 5.75 Å². The maximum Gasteiger partial charge on any atom is 0.241 e. The molecule has 0 bridgehead atoms. The molecule has 132 valence electrons. The molecular formula is C19H27NO3S. The van der Waals surface area contributed by atoms with E-state index in [1.54, 1.807) is 12.1 Å². The lowest BCUT2D eigenvalue weighted by Gasteiger charge is -2.14. The molecule has 0 radical (unpaired) electrons. The number of sulfonamides is 1. The molecule has 5 heteroatoms. The van der Waals surface area contributed by atoms with Gasteiger partial charge in [-0.15, -0.1) is 0 Å². The lowest BCUT2D eigenvalue weighted by atomic mass is 10.1. The number of rotatable bonds is 9. The van der Waals surface area contributed by atoms with Crippen molar-refractivity contribution in [3.05, 3.63) is 36.4 Å². The van der Waals surface area contributed by atoms with E-state index in [1.165, 1.54) is 0 Å². The zero-order valence-corrected chi connectivity index (χ0v) is 15.5. The molecule has 0 saturated heterocycles. The summed E-state index contributed by atoms with van der Waals surface area (Å²) in [5, 5.41) is 1.53. The monoisotopic (exact) mass is 349 g/mol. The van der Waals surface area contributed by atoms with Crippen molar-refractivity contribution in [2.75, 3.05) is 13.2 Å². The predicted octanol–water partition coefficient (Wildman–Crippen LogP) is 4.34. The molecular weight excluding hydrogens is 322 g/mol. The van der Waals surface area contributed by atoms with Crippen LogP contribution in [0.15, 0.2) is 41.3 Å². The van der Waals surface area contributed by atoms with Crippen LogP contribution in [0, 0.1) is 5.92 Å². The molecule has 0 atom stereocenters. The quantitative estimate of drug-likeness (QED) is 0.685. The second kappa shape index (κ2) is 8.49. The van der Waals surface area contributed by atoms with Crippen molar-refractivity contribution in [2.24, 2.45) is 5.92 Å². The van der Waals surface area contributed by atoms with Gasteiger partial charge in [0.25, 0.3) is 0 Å². The SMILES string of the molecule is CCCCCOc1ccc(S(=O)(=O)NCC(C)C)c2ccccc12. The van der Waals surface area contributed by atoms with Gasteiger partial charge in [-0.1, -0.05) is 57.9 Å². The van der Waals surface area contributed by atoms with E-state index >= 15 is 0 Å². The van der Waals surface area contributed by atoms with Gasteiger partial charge < -0.3 is 4.74 Å². The molecule has 2 rings (SSSR count). The Hall–Kier alpha value is -1.59. The van der Waals surface area contributed by atoms with Gasteiger partial charge in [0.15, 0.2) is 0 Å². The normalized spacial score (nSPS) is 12.0. The van der Waals surface area contributed by atoms with E-state index in [9.17, 15) is 8.42 Å². The first-order valence-corrected chi connectivity index (χ1v) is 10.1. The molecule has 0 heterocycles. The Bertz CT molecular complexity index is 769. The summed E-state index contributed by atoms with van der Waals surface area (Å²) in [5.74, 6) is 0.997. The van der Waals surface area contributed by atoms with Gasteiger partial charge in [0, 0.05) is 17.3 Å². The number of ether oxygens (including phenoxy) is 1. The van der Waals surface area contributed by atoms with Crippen LogP contribution in [-0.4, -0.2) is 21.6 Å². The first-order valence-electron chi connectivity index (χ1n) is 8.60. The fourth-order valence-corrected chi connectivity index (χ4v) is 3.92. The minimum atomic E-state index is -3.53. The first-order chi connectivity index (χ1) is 11.5. The minimum Gasteiger partial charge on any atom is -0.493 e. The van der Waals surface area contributed by atoms with E-state index < -0.39 is 10.0 Å². The summed E-state index contributed by atoms with van der Waals surface area (Å²) >= 11 is 0. The van der Waals surface area contributed by atoms with Crippen molar-refractivity contribution in [2.45, 2.75) is 44.9 Å². The molecule has 24 heavy (non-hydrogen) atoms. The van der Waals surface area contributed by atoms with Crippen LogP contribution in [0.1, 0.15) is 40.0 Å². The van der Waals surface area contributed by atoms with Gasteiger partial charge in [0.05, 0.1) is 11.5 Å². The molecule has 4 nitrogen and oxygen atoms in total. The highest BCUT2D eigenvalue weighted by Gasteiger charge is 2.19. The average Bonchev–Trinajstić information content (AvgIpc) is 2.57. The Morgan fingerprint density at radius 3 is 2.42 bits per heavy atom. The van der Waals surface area contributed by atoms with Crippen LogP contribution in [0.25, 0.3) is 10.8 Å². The summed E-state index contributed by atoms with van der Waals surface area (Å²) in [4.78, 5) is 0.305. The summed E-state index contributed by atoms with van der Waals surface area (Å²) in [6.07, 6.45) is 3.27. The summed E-state index contributed by atoms with van der Waals surface area (Å²) in [7, 11) is -3.53. The molecule has 0 aliphatic rings. The Kier molecular flexibility index (Phi) is 6.63. The van der Waals surface area contributed by atoms with E-state index in [-0.39, 0.29) is 5.92 Å². The average molecular weight is 349 g/mol. The third-order valence-electron chi connectivity index (χ3n) is 3.82. The fraction of sp³-hybridized carbons (Fsp3) is 0.474. The summed E-state index contributed by atoms with van der Waals surface area (Å²) in [5.41, 5.74) is 0. The van der Waals surface area contributed by atoms with Gasteiger partial charge in [-0.3, -0.25) is 0 Å². The van der Waals surface area contributed by atoms with Crippen LogP contribution in [0.4, 0.5) is 0 Å². The Labute approximate surface area is 145 Å². The topological polar surface area (TPSA) is 55.4 Å². The number of fused-ring (bicyclic) bond motifs is 1. The highest BCUT2D eigenvalue weighted by atomic mass is 32.2. The smallest absolute Gasteiger partial charge is 0.241 e. The molecule has 0 aliphatic carbocycles. The Balaban J connectivity index is 2.33. The van der Waals surface area contributed by atoms with Crippen molar-refractivity contribution in [3.8, 4) is 5.75 Å². The zero-order valence-electron chi connectivity index (χ0n) is 14.7. The molecule has 1 N–H and O–H groups in total. The zero-order chi connectivity index (χ0) is 17.6. The van der Waals surface area contributed by atoms with Crippen molar-refractivity contribution < 1.29 is 13.2 Å². The third kappa shape index (κ3) is 4.71. The second-order valence-corrected chi connectivity index (χ2v) is 8.14. The number of benzene rings is 2. The summed E-state index contributed by atoms with van der Waals surface area (Å²) < 4.78 is 33.8. The highest BCUT2D eigenvalue weighted by molar-refractivity contribution is 7.89. The van der Waals surface area contributed by atoms with Crippen LogP contribution >= 0.6 is 0 Å². The van der Waals surface area contributed by atoms with Crippen LogP contribution in [0.2, 0.25) is 0 Å². The fourth-order valence-electron chi connectivity index (χ4n) is 2.49. The maximum absolute atomic E-state index is 12.6. The molecule has 0 aliphatic heterocycles. The third-order valence-corrected chi connectivity index (χ3v) is 5.30. The maximum atomic E-state index is 12.6. The van der Waals surface area contributed by atoms with Crippen molar-refractivity contribution in [3.63, 3.8) is 0 Å². The molecule has 2 aromatic rings. The molecule has 0 amide bonds. The van der Waals surface area contributed by atoms with E-state index in [1.807, 2.05) is 38.1 Å². The summed E-state index contributed by atoms with van der Waals surface area (Å²) in [6, 6.07) is 10.9. The largest absolute Gasteiger partial charge is 0.493 e. The standard InChI is InChI=1S/C19H27NO3S/c1-4-5-8-13-23-18-11-12-19(17-10-7-6-9-16(17)18)24(21,22)20-14-15(2)3/h6-7,9-12,15,20H,4-5,8,13-14H2,1-3H3. The molecule has 0 fully saturated rings. The molecule has 2 aromatic carbocycles. The minimum absolute atomic E-state index is 0.257. The number of hydrogen-bond acceptors (Lipinski definition) is 3. The molecule has 0 unspecified atom stereocenters. The van der Waals surface area contributed by atoms with Crippen molar-refractivity contribution >= 4 is 20.8 Å². The molecule has 0 aromatic heterocycles. The van der Waals surface area contributed by atoms with E-state index in [2.05, 4.69) is 11.6 Å². The van der Waals surface area contributed by atoms with Gasteiger partial charge in [-0.05, 0) is 24.5 Å². The number of nitrogens with one attached hydrogen (secondary N) is 1. The molecule has 0 saturated carbocycles. The van der Waals surface area contributed by atoms with E-state index in [0.29, 0.717) is 23.4 Å². The Morgan fingerprint density at radius 1 is 1.04 bits per heavy atom. The van der Waals surface area contributed by atoms with Gasteiger partial charge in [0.2, 0.25) is 10.0 Å². The lowest BCUT2D eigenvalue weighted by molar-refractivity contribution is 0.309. The van der Waals surface area contributed by atoms with E-state index in [4.69, 9.17) is 4.74 Å². The second-order valence-electron chi connectivity index (χ2n) is 6.41. The number of unbranched alkanes of at least 4 members (excludes halogenated alkanes) is 2.